The van der Waals surface area contributed by atoms with Gasteiger partial charge in [-0.2, -0.15) is 0 Å². The minimum Gasteiger partial charge on any atom is -0.487 e. The third kappa shape index (κ3) is 3.78. The zero-order chi connectivity index (χ0) is 14.7. The van der Waals surface area contributed by atoms with Crippen LogP contribution >= 0.6 is 0 Å². The first-order chi connectivity index (χ1) is 10.1. The normalized spacial score (nSPS) is 20.5. The van der Waals surface area contributed by atoms with Crippen molar-refractivity contribution in [3.8, 4) is 5.75 Å². The van der Waals surface area contributed by atoms with Crippen molar-refractivity contribution >= 4 is 0 Å². The van der Waals surface area contributed by atoms with Crippen molar-refractivity contribution in [2.24, 2.45) is 0 Å². The molecule has 3 rings (SSSR count). The first-order valence-electron chi connectivity index (χ1n) is 8.37. The van der Waals surface area contributed by atoms with Crippen LogP contribution in [-0.2, 0) is 13.0 Å². The highest BCUT2D eigenvalue weighted by Crippen LogP contribution is 2.37. The van der Waals surface area contributed by atoms with Crippen LogP contribution in [0.4, 0.5) is 0 Å². The monoisotopic (exact) mass is 288 g/mol. The number of benzene rings is 1. The molecule has 116 valence electrons. The molecule has 0 radical (unpaired) electrons. The first-order valence-corrected chi connectivity index (χ1v) is 8.37. The van der Waals surface area contributed by atoms with Crippen LogP contribution in [0.25, 0.3) is 0 Å². The summed E-state index contributed by atoms with van der Waals surface area (Å²) in [6.45, 7) is 10.2. The molecule has 0 amide bonds. The average molecular weight is 288 g/mol. The quantitative estimate of drug-likeness (QED) is 0.815. The molecule has 0 unspecified atom stereocenters. The van der Waals surface area contributed by atoms with Crippen LogP contribution < -0.4 is 10.1 Å². The van der Waals surface area contributed by atoms with Crippen molar-refractivity contribution in [2.75, 3.05) is 26.2 Å². The summed E-state index contributed by atoms with van der Waals surface area (Å²) in [7, 11) is 0. The molecule has 1 saturated heterocycles. The zero-order valence-corrected chi connectivity index (χ0v) is 13.5. The largest absolute Gasteiger partial charge is 0.487 e. The predicted molar refractivity (Wildman–Crippen MR) is 86.9 cm³/mol. The lowest BCUT2D eigenvalue weighted by Crippen LogP contribution is -2.26. The topological polar surface area (TPSA) is 24.5 Å². The number of rotatable bonds is 6. The van der Waals surface area contributed by atoms with Gasteiger partial charge in [-0.25, -0.2) is 0 Å². The minimum atomic E-state index is -0.0474. The van der Waals surface area contributed by atoms with Crippen molar-refractivity contribution < 1.29 is 4.74 Å². The number of nitrogens with zero attached hydrogens (tertiary/aromatic N) is 1. The Morgan fingerprint density at radius 1 is 1.24 bits per heavy atom. The Hall–Kier alpha value is -1.06. The third-order valence-corrected chi connectivity index (χ3v) is 4.51. The minimum absolute atomic E-state index is 0.0474. The highest BCUT2D eigenvalue weighted by molar-refractivity contribution is 5.45. The van der Waals surface area contributed by atoms with Crippen LogP contribution in [0.15, 0.2) is 18.2 Å². The van der Waals surface area contributed by atoms with Crippen LogP contribution in [0, 0.1) is 0 Å². The second-order valence-electron chi connectivity index (χ2n) is 7.02. The molecule has 1 aromatic carbocycles. The highest BCUT2D eigenvalue weighted by atomic mass is 16.5. The van der Waals surface area contributed by atoms with E-state index in [0.29, 0.717) is 0 Å². The number of likely N-dealkylation sites (tertiary alicyclic amines) is 1. The molecule has 21 heavy (non-hydrogen) atoms. The summed E-state index contributed by atoms with van der Waals surface area (Å²) in [5.74, 6) is 1.12. The summed E-state index contributed by atoms with van der Waals surface area (Å²) in [6, 6.07) is 6.54. The van der Waals surface area contributed by atoms with E-state index in [4.69, 9.17) is 4.74 Å². The molecule has 0 bridgehead atoms. The maximum absolute atomic E-state index is 6.12. The van der Waals surface area contributed by atoms with Crippen LogP contribution in [0.5, 0.6) is 5.75 Å². The molecule has 0 atom stereocenters. The van der Waals surface area contributed by atoms with Crippen molar-refractivity contribution in [1.82, 2.24) is 10.2 Å². The second-order valence-corrected chi connectivity index (χ2v) is 7.02. The van der Waals surface area contributed by atoms with Gasteiger partial charge in [0.1, 0.15) is 11.4 Å². The molecule has 2 aliphatic rings. The van der Waals surface area contributed by atoms with Crippen LogP contribution in [0.1, 0.15) is 44.2 Å². The molecule has 0 spiro atoms. The van der Waals surface area contributed by atoms with Crippen LogP contribution in [0.2, 0.25) is 0 Å². The molecule has 2 heterocycles. The van der Waals surface area contributed by atoms with Crippen molar-refractivity contribution in [1.29, 1.82) is 0 Å². The maximum Gasteiger partial charge on any atom is 0.127 e. The fraction of sp³-hybridized carbons (Fsp3) is 0.667. The molecule has 0 saturated carbocycles. The fourth-order valence-electron chi connectivity index (χ4n) is 3.48. The molecular formula is C18H28N2O. The Balaban J connectivity index is 1.45. The summed E-state index contributed by atoms with van der Waals surface area (Å²) in [6.07, 6.45) is 5.03. The summed E-state index contributed by atoms with van der Waals surface area (Å²) >= 11 is 0. The van der Waals surface area contributed by atoms with E-state index in [-0.39, 0.29) is 5.60 Å². The molecule has 3 heteroatoms. The summed E-state index contributed by atoms with van der Waals surface area (Å²) < 4.78 is 6.12. The molecule has 3 nitrogen and oxygen atoms in total. The van der Waals surface area contributed by atoms with Gasteiger partial charge < -0.3 is 15.0 Å². The van der Waals surface area contributed by atoms with Gasteiger partial charge in [-0.3, -0.25) is 0 Å². The van der Waals surface area contributed by atoms with Crippen molar-refractivity contribution in [2.45, 2.75) is 51.7 Å². The number of hydrogen-bond donors (Lipinski definition) is 1. The molecule has 1 N–H and O–H groups in total. The first kappa shape index (κ1) is 14.9. The molecular weight excluding hydrogens is 260 g/mol. The number of ether oxygens (including phenoxy) is 1. The number of fused-ring (bicyclic) bond motifs is 1. The molecule has 1 fully saturated rings. The smallest absolute Gasteiger partial charge is 0.127 e. The SMILES string of the molecule is CC1(C)Cc2cccc(CNCCCN3CCCC3)c2O1. The lowest BCUT2D eigenvalue weighted by Gasteiger charge is -2.18. The number of nitrogens with one attached hydrogen (secondary N) is 1. The molecule has 0 aromatic heterocycles. The van der Waals surface area contributed by atoms with E-state index in [1.54, 1.807) is 0 Å². The van der Waals surface area contributed by atoms with Gasteiger partial charge in [-0.1, -0.05) is 18.2 Å². The van der Waals surface area contributed by atoms with Crippen LogP contribution in [0.3, 0.4) is 0 Å². The summed E-state index contributed by atoms with van der Waals surface area (Å²) in [4.78, 5) is 2.58. The highest BCUT2D eigenvalue weighted by Gasteiger charge is 2.31. The van der Waals surface area contributed by atoms with Crippen LogP contribution in [-0.4, -0.2) is 36.7 Å². The van der Waals surface area contributed by atoms with Gasteiger partial charge in [0.15, 0.2) is 0 Å². The maximum atomic E-state index is 6.12. The Bertz CT molecular complexity index is 478. The van der Waals surface area contributed by atoms with Gasteiger partial charge >= 0.3 is 0 Å². The van der Waals surface area contributed by atoms with Crippen molar-refractivity contribution in [3.05, 3.63) is 29.3 Å². The summed E-state index contributed by atoms with van der Waals surface area (Å²) in [5.41, 5.74) is 2.62. The van der Waals surface area contributed by atoms with Gasteiger partial charge in [-0.05, 0) is 64.9 Å². The zero-order valence-electron chi connectivity index (χ0n) is 13.5. The van der Waals surface area contributed by atoms with Gasteiger partial charge in [0.05, 0.1) is 0 Å². The summed E-state index contributed by atoms with van der Waals surface area (Å²) in [5, 5.41) is 3.58. The second kappa shape index (κ2) is 6.37. The lowest BCUT2D eigenvalue weighted by atomic mass is 10.0. The number of para-hydroxylation sites is 1. The molecule has 1 aromatic rings. The standard InChI is InChI=1S/C18H28N2O/c1-18(2)13-15-7-5-8-16(17(15)21-18)14-19-9-6-12-20-10-3-4-11-20/h5,7-8,19H,3-4,6,9-14H2,1-2H3. The van der Waals surface area contributed by atoms with Gasteiger partial charge in [-0.15, -0.1) is 0 Å². The van der Waals surface area contributed by atoms with E-state index in [1.807, 2.05) is 0 Å². The van der Waals surface area contributed by atoms with Gasteiger partial charge in [0.2, 0.25) is 0 Å². The molecule has 2 aliphatic heterocycles. The van der Waals surface area contributed by atoms with E-state index >= 15 is 0 Å². The average Bonchev–Trinajstić information content (AvgIpc) is 3.04. The van der Waals surface area contributed by atoms with E-state index in [9.17, 15) is 0 Å². The Kier molecular flexibility index (Phi) is 4.51. The van der Waals surface area contributed by atoms with E-state index in [1.165, 1.54) is 50.0 Å². The Morgan fingerprint density at radius 3 is 2.86 bits per heavy atom. The predicted octanol–water partition coefficient (Wildman–Crippen LogP) is 2.98. The Morgan fingerprint density at radius 2 is 2.05 bits per heavy atom. The van der Waals surface area contributed by atoms with Gasteiger partial charge in [0.25, 0.3) is 0 Å². The van der Waals surface area contributed by atoms with Crippen molar-refractivity contribution in [3.63, 3.8) is 0 Å². The third-order valence-electron chi connectivity index (χ3n) is 4.51. The van der Waals surface area contributed by atoms with E-state index in [0.717, 1.165) is 25.3 Å². The molecule has 0 aliphatic carbocycles. The Labute approximate surface area is 128 Å². The number of hydrogen-bond acceptors (Lipinski definition) is 3. The lowest BCUT2D eigenvalue weighted by molar-refractivity contribution is 0.137. The van der Waals surface area contributed by atoms with E-state index < -0.39 is 0 Å². The van der Waals surface area contributed by atoms with Gasteiger partial charge in [0, 0.05) is 18.5 Å². The van der Waals surface area contributed by atoms with E-state index in [2.05, 4.69) is 42.3 Å². The fourth-order valence-corrected chi connectivity index (χ4v) is 3.48.